The van der Waals surface area contributed by atoms with Gasteiger partial charge >= 0.3 is 11.9 Å². The van der Waals surface area contributed by atoms with Crippen molar-refractivity contribution in [2.45, 2.75) is 71.6 Å². The van der Waals surface area contributed by atoms with Gasteiger partial charge in [-0.15, -0.1) is 0 Å². The van der Waals surface area contributed by atoms with Gasteiger partial charge in [0.15, 0.2) is 0 Å². The van der Waals surface area contributed by atoms with Crippen molar-refractivity contribution >= 4 is 11.9 Å². The summed E-state index contributed by atoms with van der Waals surface area (Å²) in [5.41, 5.74) is 0. The topological polar surface area (TPSA) is 61.8 Å². The van der Waals surface area contributed by atoms with E-state index in [9.17, 15) is 9.59 Å². The molecule has 0 spiro atoms. The summed E-state index contributed by atoms with van der Waals surface area (Å²) in [7, 11) is 1.57. The van der Waals surface area contributed by atoms with Crippen LogP contribution in [0.15, 0.2) is 0 Å². The number of carbonyl (C=O) groups is 2. The van der Waals surface area contributed by atoms with Gasteiger partial charge in [0.1, 0.15) is 0 Å². The first kappa shape index (κ1) is 21.9. The minimum Gasteiger partial charge on any atom is -0.466 e. The highest BCUT2D eigenvalue weighted by atomic mass is 16.5. The maximum Gasteiger partial charge on any atom is 0.306 e. The molecule has 0 aromatic carbocycles. The van der Waals surface area contributed by atoms with E-state index in [1.807, 2.05) is 6.92 Å². The number of esters is 2. The Kier molecular flexibility index (Phi) is 15.0. The van der Waals surface area contributed by atoms with Gasteiger partial charge in [0.25, 0.3) is 0 Å². The molecular formula is C18H34O5. The highest BCUT2D eigenvalue weighted by Gasteiger charge is 2.17. The first-order valence-electron chi connectivity index (χ1n) is 8.94. The third kappa shape index (κ3) is 14.2. The highest BCUT2D eigenvalue weighted by Crippen LogP contribution is 2.10. The second-order valence-corrected chi connectivity index (χ2v) is 5.95. The number of rotatable bonds is 15. The van der Waals surface area contributed by atoms with Crippen LogP contribution in [0.4, 0.5) is 0 Å². The Balaban J connectivity index is 3.83. The van der Waals surface area contributed by atoms with Crippen LogP contribution in [0.5, 0.6) is 0 Å². The zero-order chi connectivity index (χ0) is 17.3. The molecule has 0 aliphatic carbocycles. The van der Waals surface area contributed by atoms with Crippen LogP contribution in [0.25, 0.3) is 0 Å². The van der Waals surface area contributed by atoms with Gasteiger partial charge < -0.3 is 14.2 Å². The van der Waals surface area contributed by atoms with Crippen LogP contribution in [0.2, 0.25) is 0 Å². The number of methoxy groups -OCH3 is 1. The maximum atomic E-state index is 11.7. The number of hydrogen-bond acceptors (Lipinski definition) is 5. The van der Waals surface area contributed by atoms with Crippen molar-refractivity contribution in [3.8, 4) is 0 Å². The molecule has 0 heterocycles. The van der Waals surface area contributed by atoms with Crippen LogP contribution in [0.1, 0.15) is 71.6 Å². The van der Waals surface area contributed by atoms with Gasteiger partial charge in [0.05, 0.1) is 26.2 Å². The lowest BCUT2D eigenvalue weighted by Crippen LogP contribution is -2.22. The van der Waals surface area contributed by atoms with Gasteiger partial charge in [-0.3, -0.25) is 9.59 Å². The predicted octanol–water partition coefficient (Wildman–Crippen LogP) is 3.89. The molecule has 0 aliphatic rings. The number of ether oxygens (including phenoxy) is 3. The number of hydrogen-bond donors (Lipinski definition) is 0. The van der Waals surface area contributed by atoms with Crippen LogP contribution in [-0.4, -0.2) is 38.9 Å². The van der Waals surface area contributed by atoms with Gasteiger partial charge in [-0.2, -0.15) is 0 Å². The van der Waals surface area contributed by atoms with Gasteiger partial charge in [-0.05, 0) is 12.8 Å². The van der Waals surface area contributed by atoms with E-state index in [0.29, 0.717) is 19.6 Å². The minimum atomic E-state index is -0.263. The van der Waals surface area contributed by atoms with Crippen LogP contribution in [-0.2, 0) is 23.8 Å². The Morgan fingerprint density at radius 1 is 0.826 bits per heavy atom. The first-order valence-corrected chi connectivity index (χ1v) is 8.94. The van der Waals surface area contributed by atoms with Crippen LogP contribution < -0.4 is 0 Å². The molecule has 0 fully saturated rings. The zero-order valence-corrected chi connectivity index (χ0v) is 15.1. The van der Waals surface area contributed by atoms with Crippen molar-refractivity contribution in [3.05, 3.63) is 0 Å². The molecule has 0 radical (unpaired) electrons. The Bertz CT molecular complexity index is 304. The van der Waals surface area contributed by atoms with E-state index in [1.54, 1.807) is 7.11 Å². The monoisotopic (exact) mass is 330 g/mol. The second-order valence-electron chi connectivity index (χ2n) is 5.95. The lowest BCUT2D eigenvalue weighted by Gasteiger charge is -2.15. The summed E-state index contributed by atoms with van der Waals surface area (Å²) in [4.78, 5) is 23.3. The molecule has 1 unspecified atom stereocenters. The molecule has 136 valence electrons. The minimum absolute atomic E-state index is 0.141. The number of unbranched alkanes of at least 4 members (excludes halogenated alkanes) is 5. The molecule has 0 bridgehead atoms. The van der Waals surface area contributed by atoms with E-state index >= 15 is 0 Å². The van der Waals surface area contributed by atoms with Crippen LogP contribution >= 0.6 is 0 Å². The summed E-state index contributed by atoms with van der Waals surface area (Å²) in [6.07, 6.45) is 8.31. The van der Waals surface area contributed by atoms with Gasteiger partial charge in [0, 0.05) is 19.4 Å². The predicted molar refractivity (Wildman–Crippen MR) is 90.2 cm³/mol. The molecule has 0 aliphatic heterocycles. The molecule has 1 atom stereocenters. The molecule has 0 aromatic heterocycles. The van der Waals surface area contributed by atoms with Gasteiger partial charge in [-0.25, -0.2) is 0 Å². The van der Waals surface area contributed by atoms with E-state index < -0.39 is 0 Å². The fourth-order valence-electron chi connectivity index (χ4n) is 2.24. The lowest BCUT2D eigenvalue weighted by atomic mass is 10.1. The van der Waals surface area contributed by atoms with Crippen LogP contribution in [0.3, 0.4) is 0 Å². The van der Waals surface area contributed by atoms with E-state index in [-0.39, 0.29) is 30.9 Å². The van der Waals surface area contributed by atoms with Gasteiger partial charge in [-0.1, -0.05) is 46.0 Å². The van der Waals surface area contributed by atoms with E-state index in [4.69, 9.17) is 14.2 Å². The molecular weight excluding hydrogens is 296 g/mol. The fourth-order valence-corrected chi connectivity index (χ4v) is 2.24. The molecule has 5 nitrogen and oxygen atoms in total. The number of carbonyl (C=O) groups excluding carboxylic acids is 2. The average molecular weight is 330 g/mol. The molecule has 23 heavy (non-hydrogen) atoms. The third-order valence-corrected chi connectivity index (χ3v) is 3.54. The standard InChI is InChI=1S/C18H34O5/c1-4-6-7-8-9-10-11-17(19)23-15-16(14-21-3)13-18(20)22-12-5-2/h16H,4-15H2,1-3H3. The Morgan fingerprint density at radius 3 is 2.17 bits per heavy atom. The molecule has 0 amide bonds. The summed E-state index contributed by atoms with van der Waals surface area (Å²) < 4.78 is 15.4. The Labute approximate surface area is 141 Å². The third-order valence-electron chi connectivity index (χ3n) is 3.54. The summed E-state index contributed by atoms with van der Waals surface area (Å²) in [5, 5.41) is 0. The highest BCUT2D eigenvalue weighted by molar-refractivity contribution is 5.70. The normalized spacial score (nSPS) is 12.0. The molecule has 0 N–H and O–H groups in total. The first-order chi connectivity index (χ1) is 11.1. The summed E-state index contributed by atoms with van der Waals surface area (Å²) in [5.74, 6) is -0.595. The fraction of sp³-hybridized carbons (Fsp3) is 0.889. The Morgan fingerprint density at radius 2 is 1.52 bits per heavy atom. The second kappa shape index (κ2) is 15.8. The lowest BCUT2D eigenvalue weighted by molar-refractivity contribution is -0.151. The van der Waals surface area contributed by atoms with Gasteiger partial charge in [0.2, 0.25) is 0 Å². The molecule has 0 aromatic rings. The summed E-state index contributed by atoms with van der Waals surface area (Å²) >= 11 is 0. The average Bonchev–Trinajstić information content (AvgIpc) is 2.54. The Hall–Kier alpha value is -1.10. The van der Waals surface area contributed by atoms with Crippen molar-refractivity contribution in [3.63, 3.8) is 0 Å². The molecule has 0 saturated carbocycles. The van der Waals surface area contributed by atoms with Crippen molar-refractivity contribution in [2.75, 3.05) is 26.9 Å². The largest absolute Gasteiger partial charge is 0.466 e. The summed E-state index contributed by atoms with van der Waals surface area (Å²) in [6.45, 7) is 5.15. The maximum absolute atomic E-state index is 11.7. The van der Waals surface area contributed by atoms with Crippen molar-refractivity contribution in [1.82, 2.24) is 0 Å². The molecule has 0 saturated heterocycles. The smallest absolute Gasteiger partial charge is 0.306 e. The SMILES string of the molecule is CCCCCCCCC(=O)OCC(COC)CC(=O)OCCC. The zero-order valence-electron chi connectivity index (χ0n) is 15.1. The summed E-state index contributed by atoms with van der Waals surface area (Å²) in [6, 6.07) is 0. The van der Waals surface area contributed by atoms with Crippen molar-refractivity contribution in [1.29, 1.82) is 0 Å². The van der Waals surface area contributed by atoms with Crippen molar-refractivity contribution in [2.24, 2.45) is 5.92 Å². The van der Waals surface area contributed by atoms with E-state index in [2.05, 4.69) is 6.92 Å². The molecule has 5 heteroatoms. The van der Waals surface area contributed by atoms with Crippen LogP contribution in [0, 0.1) is 5.92 Å². The van der Waals surface area contributed by atoms with Crippen molar-refractivity contribution < 1.29 is 23.8 Å². The molecule has 0 rings (SSSR count). The van der Waals surface area contributed by atoms with E-state index in [0.717, 1.165) is 19.3 Å². The quantitative estimate of drug-likeness (QED) is 0.337. The van der Waals surface area contributed by atoms with E-state index in [1.165, 1.54) is 25.7 Å².